The predicted octanol–water partition coefficient (Wildman–Crippen LogP) is 17.1. The van der Waals surface area contributed by atoms with Crippen molar-refractivity contribution in [1.29, 1.82) is 0 Å². The van der Waals surface area contributed by atoms with E-state index in [0.29, 0.717) is 33.8 Å². The van der Waals surface area contributed by atoms with Crippen LogP contribution in [-0.2, 0) is 38.7 Å². The SMILES string of the molecule is CCCCCc1ccc(-c2cc3ccc(OCCCC(F)(F)CCC[Si](C)(OC)O[Si](C)(CCCC(F)(F)CCCOc4ccc5cc(-c6ccc(CCCCC)cc6CC)c(=O)oc5c4)OC)cc3oc2=O)c(CC)c1. The van der Waals surface area contributed by atoms with Gasteiger partial charge in [0.1, 0.15) is 22.7 Å². The number of alkyl halides is 4. The Bertz CT molecular complexity index is 2760. The van der Waals surface area contributed by atoms with Crippen molar-refractivity contribution in [2.24, 2.45) is 0 Å². The van der Waals surface area contributed by atoms with E-state index in [2.05, 4.69) is 52.0 Å². The van der Waals surface area contributed by atoms with Crippen LogP contribution < -0.4 is 20.7 Å². The molecular formula is C62H82F4O9Si2. The highest BCUT2D eigenvalue weighted by molar-refractivity contribution is 6.80. The number of hydrogen-bond donors (Lipinski definition) is 0. The summed E-state index contributed by atoms with van der Waals surface area (Å²) in [6, 6.07) is 27.2. The standard InChI is InChI=1S/C62H82F4O9Si2/c1-9-13-15-21-45-23-29-53(47(11-3)39-45)55-41-49-25-27-51(43-57(49)73-59(55)67)71-35-17-31-61(63,64)33-19-37-76(7,69-5)75-77(8,70-6)38-20-34-62(65,66)32-18-36-72-52-28-26-50-42-56(60(68)74-58(50)44-52)54-30-24-46(22-16-14-10-2)40-48(54)12-4/h23-30,39-44H,9-22,31-38H2,1-8H3. The molecule has 6 rings (SSSR count). The van der Waals surface area contributed by atoms with Crippen LogP contribution in [0.25, 0.3) is 44.2 Å². The molecule has 0 saturated heterocycles. The van der Waals surface area contributed by atoms with Gasteiger partial charge in [0, 0.05) is 62.8 Å². The Kier molecular flexibility index (Phi) is 22.8. The summed E-state index contributed by atoms with van der Waals surface area (Å²) in [4.78, 5) is 26.4. The molecule has 0 bridgehead atoms. The fourth-order valence-corrected chi connectivity index (χ4v) is 17.3. The molecule has 9 nitrogen and oxygen atoms in total. The highest BCUT2D eigenvalue weighted by atomic mass is 28.5. The quantitative estimate of drug-likeness (QED) is 0.0169. The van der Waals surface area contributed by atoms with Gasteiger partial charge in [-0.05, 0) is 159 Å². The molecule has 2 heterocycles. The summed E-state index contributed by atoms with van der Waals surface area (Å²) in [6.07, 6.45) is 9.51. The van der Waals surface area contributed by atoms with Gasteiger partial charge in [0.2, 0.25) is 11.8 Å². The van der Waals surface area contributed by atoms with E-state index >= 15 is 17.6 Å². The molecule has 15 heteroatoms. The van der Waals surface area contributed by atoms with Gasteiger partial charge in [0.05, 0.1) is 24.3 Å². The number of unbranched alkanes of at least 4 members (excludes halogenated alkanes) is 4. The van der Waals surface area contributed by atoms with Crippen molar-refractivity contribution in [1.82, 2.24) is 0 Å². The Labute approximate surface area is 455 Å². The van der Waals surface area contributed by atoms with Crippen LogP contribution in [0, 0.1) is 0 Å². The minimum atomic E-state index is -3.01. The summed E-state index contributed by atoms with van der Waals surface area (Å²) in [7, 11) is -3.03. The number of benzene rings is 4. The lowest BCUT2D eigenvalue weighted by atomic mass is 9.94. The van der Waals surface area contributed by atoms with Gasteiger partial charge in [-0.25, -0.2) is 27.2 Å². The van der Waals surface area contributed by atoms with E-state index in [-0.39, 0.29) is 76.7 Å². The lowest BCUT2D eigenvalue weighted by molar-refractivity contribution is -0.0218. The maximum Gasteiger partial charge on any atom is 0.344 e. The third-order valence-electron chi connectivity index (χ3n) is 14.8. The van der Waals surface area contributed by atoms with Gasteiger partial charge < -0.3 is 31.3 Å². The molecule has 0 amide bonds. The molecule has 0 aliphatic rings. The molecule has 0 saturated carbocycles. The molecule has 0 radical (unpaired) electrons. The molecule has 2 unspecified atom stereocenters. The van der Waals surface area contributed by atoms with Crippen molar-refractivity contribution < 1.29 is 48.8 Å². The Balaban J connectivity index is 0.904. The highest BCUT2D eigenvalue weighted by Gasteiger charge is 2.43. The second kappa shape index (κ2) is 28.7. The Hall–Kier alpha value is -5.07. The topological polar surface area (TPSA) is 107 Å². The molecule has 0 spiro atoms. The Morgan fingerprint density at radius 2 is 0.883 bits per heavy atom. The van der Waals surface area contributed by atoms with Gasteiger partial charge in [-0.3, -0.25) is 0 Å². The summed E-state index contributed by atoms with van der Waals surface area (Å²) in [5.41, 5.74) is 7.28. The summed E-state index contributed by atoms with van der Waals surface area (Å²) in [5.74, 6) is -5.07. The van der Waals surface area contributed by atoms with Crippen LogP contribution in [0.3, 0.4) is 0 Å². The van der Waals surface area contributed by atoms with Crippen LogP contribution in [0.1, 0.15) is 140 Å². The zero-order valence-corrected chi connectivity index (χ0v) is 48.8. The summed E-state index contributed by atoms with van der Waals surface area (Å²) >= 11 is 0. The fourth-order valence-electron chi connectivity index (χ4n) is 10.1. The average molecular weight is 1100 g/mol. The first-order valence-electron chi connectivity index (χ1n) is 28.1. The smallest absolute Gasteiger partial charge is 0.344 e. The van der Waals surface area contributed by atoms with Crippen LogP contribution in [0.4, 0.5) is 17.6 Å². The second-order valence-corrected chi connectivity index (χ2v) is 28.2. The van der Waals surface area contributed by atoms with Crippen molar-refractivity contribution in [3.63, 3.8) is 0 Å². The highest BCUT2D eigenvalue weighted by Crippen LogP contribution is 2.35. The largest absolute Gasteiger partial charge is 0.493 e. The lowest BCUT2D eigenvalue weighted by Crippen LogP contribution is -2.51. The van der Waals surface area contributed by atoms with E-state index in [1.807, 2.05) is 36.4 Å². The normalized spacial score (nSPS) is 13.8. The van der Waals surface area contributed by atoms with Crippen molar-refractivity contribution in [3.05, 3.63) is 128 Å². The average Bonchev–Trinajstić information content (AvgIpc) is 3.41. The van der Waals surface area contributed by atoms with Crippen LogP contribution in [-0.4, -0.2) is 56.4 Å². The molecule has 420 valence electrons. The third-order valence-corrected chi connectivity index (χ3v) is 22.5. The molecule has 77 heavy (non-hydrogen) atoms. The third kappa shape index (κ3) is 18.0. The predicted molar refractivity (Wildman–Crippen MR) is 307 cm³/mol. The fraction of sp³-hybridized carbons (Fsp3) is 0.516. The number of rotatable bonds is 34. The molecule has 2 aromatic heterocycles. The van der Waals surface area contributed by atoms with Crippen LogP contribution in [0.15, 0.2) is 103 Å². The van der Waals surface area contributed by atoms with E-state index < -0.39 is 40.2 Å². The Morgan fingerprint density at radius 1 is 0.481 bits per heavy atom. The first-order chi connectivity index (χ1) is 36.8. The first-order valence-corrected chi connectivity index (χ1v) is 33.1. The van der Waals surface area contributed by atoms with Crippen LogP contribution in [0.5, 0.6) is 11.5 Å². The first kappa shape index (κ1) is 61.2. The van der Waals surface area contributed by atoms with E-state index in [9.17, 15) is 9.59 Å². The summed E-state index contributed by atoms with van der Waals surface area (Å²) in [5, 5.41) is 1.47. The summed E-state index contributed by atoms with van der Waals surface area (Å²) in [6.45, 7) is 12.2. The zero-order chi connectivity index (χ0) is 55.6. The van der Waals surface area contributed by atoms with Crippen molar-refractivity contribution in [2.75, 3.05) is 27.4 Å². The number of fused-ring (bicyclic) bond motifs is 2. The molecule has 0 N–H and O–H groups in total. The second-order valence-electron chi connectivity index (χ2n) is 21.0. The Morgan fingerprint density at radius 3 is 1.26 bits per heavy atom. The number of ether oxygens (including phenoxy) is 2. The molecule has 0 aliphatic carbocycles. The van der Waals surface area contributed by atoms with Crippen molar-refractivity contribution in [3.8, 4) is 33.8 Å². The van der Waals surface area contributed by atoms with Crippen LogP contribution in [0.2, 0.25) is 25.2 Å². The molecule has 4 aromatic carbocycles. The molecular weight excluding hydrogens is 1020 g/mol. The van der Waals surface area contributed by atoms with Crippen LogP contribution >= 0.6 is 0 Å². The van der Waals surface area contributed by atoms with E-state index in [0.717, 1.165) is 84.4 Å². The van der Waals surface area contributed by atoms with E-state index in [1.54, 1.807) is 37.4 Å². The van der Waals surface area contributed by atoms with Crippen molar-refractivity contribution in [2.45, 2.75) is 180 Å². The molecule has 0 fully saturated rings. The van der Waals surface area contributed by atoms with E-state index in [4.69, 9.17) is 31.3 Å². The number of hydrogen-bond acceptors (Lipinski definition) is 9. The molecule has 6 aromatic rings. The number of aryl methyl sites for hydroxylation is 4. The zero-order valence-electron chi connectivity index (χ0n) is 46.8. The molecule has 2 atom stereocenters. The minimum Gasteiger partial charge on any atom is -0.493 e. The van der Waals surface area contributed by atoms with Gasteiger partial charge in [0.25, 0.3) is 0 Å². The van der Waals surface area contributed by atoms with Gasteiger partial charge in [0.15, 0.2) is 0 Å². The lowest BCUT2D eigenvalue weighted by Gasteiger charge is -2.36. The minimum absolute atomic E-state index is 0.0516. The summed E-state index contributed by atoms with van der Waals surface area (Å²) < 4.78 is 102. The van der Waals surface area contributed by atoms with E-state index in [1.165, 1.54) is 38.2 Å². The molecule has 0 aliphatic heterocycles. The van der Waals surface area contributed by atoms with Gasteiger partial charge >= 0.3 is 28.4 Å². The van der Waals surface area contributed by atoms with Gasteiger partial charge in [-0.15, -0.1) is 0 Å². The maximum absolute atomic E-state index is 15.2. The van der Waals surface area contributed by atoms with Gasteiger partial charge in [-0.1, -0.05) is 89.8 Å². The number of halogens is 4. The monoisotopic (exact) mass is 1100 g/mol. The maximum atomic E-state index is 15.2. The van der Waals surface area contributed by atoms with Crippen molar-refractivity contribution >= 4 is 39.1 Å². The van der Waals surface area contributed by atoms with Gasteiger partial charge in [-0.2, -0.15) is 0 Å².